The first-order valence-corrected chi connectivity index (χ1v) is 7.39. The summed E-state index contributed by atoms with van der Waals surface area (Å²) in [5.74, 6) is 0.0345. The Balaban J connectivity index is 1.91. The molecule has 104 valence electrons. The molecule has 1 aliphatic heterocycles. The van der Waals surface area contributed by atoms with E-state index < -0.39 is 0 Å². The molecule has 1 heterocycles. The van der Waals surface area contributed by atoms with Gasteiger partial charge in [-0.2, -0.15) is 0 Å². The highest BCUT2D eigenvalue weighted by Crippen LogP contribution is 2.24. The Morgan fingerprint density at radius 3 is 2.53 bits per heavy atom. The Morgan fingerprint density at radius 2 is 1.95 bits per heavy atom. The molecule has 1 N–H and O–H groups in total. The molecule has 0 saturated carbocycles. The number of halogens is 1. The summed E-state index contributed by atoms with van der Waals surface area (Å²) in [6, 6.07) is 7.84. The van der Waals surface area contributed by atoms with Gasteiger partial charge in [0.2, 0.25) is 5.91 Å². The Hall–Kier alpha value is -1.06. The lowest BCUT2D eigenvalue weighted by Gasteiger charge is -2.19. The zero-order valence-electron chi connectivity index (χ0n) is 11.4. The number of nitrogens with zero attached hydrogens (tertiary/aromatic N) is 1. The number of nitrogens with one attached hydrogen (secondary N) is 1. The summed E-state index contributed by atoms with van der Waals surface area (Å²) in [6.07, 6.45) is 3.06. The molecular formula is C15H21ClN2O. The van der Waals surface area contributed by atoms with Crippen LogP contribution in [0.5, 0.6) is 0 Å². The summed E-state index contributed by atoms with van der Waals surface area (Å²) >= 11 is 6.44. The van der Waals surface area contributed by atoms with E-state index in [1.807, 2.05) is 31.2 Å². The Kier molecular flexibility index (Phi) is 5.23. The van der Waals surface area contributed by atoms with E-state index in [-0.39, 0.29) is 11.3 Å². The molecule has 1 aliphatic rings. The van der Waals surface area contributed by atoms with E-state index in [1.54, 1.807) is 0 Å². The molecule has 1 amide bonds. The molecular weight excluding hydrogens is 260 g/mol. The summed E-state index contributed by atoms with van der Waals surface area (Å²) in [5.41, 5.74) is 1.95. The van der Waals surface area contributed by atoms with Crippen molar-refractivity contribution in [1.82, 2.24) is 4.90 Å². The standard InChI is InChI=1S/C15H21ClN2O/c1-2-15(19)17-13-7-5-12(6-8-13)14(16)11-18-9-3-4-10-18/h5-8,14H,2-4,9-11H2,1H3,(H,17,19). The lowest BCUT2D eigenvalue weighted by molar-refractivity contribution is -0.115. The number of rotatable bonds is 5. The van der Waals surface area contributed by atoms with Gasteiger partial charge in [0.1, 0.15) is 0 Å². The minimum Gasteiger partial charge on any atom is -0.326 e. The van der Waals surface area contributed by atoms with Crippen LogP contribution < -0.4 is 5.32 Å². The first-order valence-electron chi connectivity index (χ1n) is 6.95. The fraction of sp³-hybridized carbons (Fsp3) is 0.533. The number of hydrogen-bond donors (Lipinski definition) is 1. The average Bonchev–Trinajstić information content (AvgIpc) is 2.92. The highest BCUT2D eigenvalue weighted by molar-refractivity contribution is 6.21. The molecule has 1 atom stereocenters. The number of carbonyl (C=O) groups is 1. The first-order chi connectivity index (χ1) is 9.19. The maximum Gasteiger partial charge on any atom is 0.224 e. The maximum atomic E-state index is 11.3. The van der Waals surface area contributed by atoms with Gasteiger partial charge in [-0.25, -0.2) is 0 Å². The molecule has 0 radical (unpaired) electrons. The summed E-state index contributed by atoms with van der Waals surface area (Å²) in [7, 11) is 0. The van der Waals surface area contributed by atoms with Crippen LogP contribution in [0.4, 0.5) is 5.69 Å². The van der Waals surface area contributed by atoms with E-state index in [0.29, 0.717) is 6.42 Å². The summed E-state index contributed by atoms with van der Waals surface area (Å²) in [5, 5.41) is 2.86. The number of carbonyl (C=O) groups excluding carboxylic acids is 1. The molecule has 0 aliphatic carbocycles. The highest BCUT2D eigenvalue weighted by Gasteiger charge is 2.17. The van der Waals surface area contributed by atoms with Crippen LogP contribution in [0.25, 0.3) is 0 Å². The maximum absolute atomic E-state index is 11.3. The van der Waals surface area contributed by atoms with Gasteiger partial charge in [-0.3, -0.25) is 4.79 Å². The molecule has 1 fully saturated rings. The smallest absolute Gasteiger partial charge is 0.224 e. The van der Waals surface area contributed by atoms with E-state index in [0.717, 1.165) is 30.9 Å². The molecule has 1 aromatic carbocycles. The average molecular weight is 281 g/mol. The van der Waals surface area contributed by atoms with Crippen molar-refractivity contribution in [2.75, 3.05) is 25.0 Å². The SMILES string of the molecule is CCC(=O)Nc1ccc(C(Cl)CN2CCCC2)cc1. The topological polar surface area (TPSA) is 32.3 Å². The van der Waals surface area contributed by atoms with Gasteiger partial charge in [0, 0.05) is 18.7 Å². The fourth-order valence-electron chi connectivity index (χ4n) is 2.32. The Morgan fingerprint density at radius 1 is 1.32 bits per heavy atom. The minimum absolute atomic E-state index is 0.0222. The van der Waals surface area contributed by atoms with Crippen LogP contribution in [0.2, 0.25) is 0 Å². The second kappa shape index (κ2) is 6.92. The van der Waals surface area contributed by atoms with E-state index in [1.165, 1.54) is 12.8 Å². The van der Waals surface area contributed by atoms with E-state index in [2.05, 4.69) is 10.2 Å². The molecule has 1 aromatic rings. The van der Waals surface area contributed by atoms with E-state index in [9.17, 15) is 4.79 Å². The zero-order valence-corrected chi connectivity index (χ0v) is 12.1. The molecule has 3 nitrogen and oxygen atoms in total. The summed E-state index contributed by atoms with van der Waals surface area (Å²) < 4.78 is 0. The predicted octanol–water partition coefficient (Wildman–Crippen LogP) is 3.41. The minimum atomic E-state index is 0.0222. The van der Waals surface area contributed by atoms with Gasteiger partial charge in [-0.1, -0.05) is 19.1 Å². The number of alkyl halides is 1. The van der Waals surface area contributed by atoms with Crippen molar-refractivity contribution in [2.24, 2.45) is 0 Å². The number of amides is 1. The second-order valence-corrected chi connectivity index (χ2v) is 5.53. The first kappa shape index (κ1) is 14.4. The monoisotopic (exact) mass is 280 g/mol. The van der Waals surface area contributed by atoms with Crippen molar-refractivity contribution < 1.29 is 4.79 Å². The Labute approximate surface area is 119 Å². The van der Waals surface area contributed by atoms with Crippen molar-refractivity contribution in [3.8, 4) is 0 Å². The van der Waals surface area contributed by atoms with Crippen molar-refractivity contribution in [3.05, 3.63) is 29.8 Å². The number of likely N-dealkylation sites (tertiary alicyclic amines) is 1. The van der Waals surface area contributed by atoms with Crippen molar-refractivity contribution in [1.29, 1.82) is 0 Å². The van der Waals surface area contributed by atoms with Gasteiger partial charge in [-0.15, -0.1) is 11.6 Å². The summed E-state index contributed by atoms with van der Waals surface area (Å²) in [4.78, 5) is 13.7. The van der Waals surface area contributed by atoms with Crippen LogP contribution >= 0.6 is 11.6 Å². The molecule has 1 unspecified atom stereocenters. The van der Waals surface area contributed by atoms with Gasteiger partial charge in [0.25, 0.3) is 0 Å². The molecule has 19 heavy (non-hydrogen) atoms. The van der Waals surface area contributed by atoms with Crippen LogP contribution in [0.15, 0.2) is 24.3 Å². The van der Waals surface area contributed by atoms with Crippen LogP contribution in [-0.2, 0) is 4.79 Å². The van der Waals surface area contributed by atoms with Gasteiger partial charge in [0.15, 0.2) is 0 Å². The molecule has 0 bridgehead atoms. The summed E-state index contributed by atoms with van der Waals surface area (Å²) in [6.45, 7) is 5.07. The normalized spacial score (nSPS) is 17.4. The zero-order chi connectivity index (χ0) is 13.7. The molecule has 4 heteroatoms. The van der Waals surface area contributed by atoms with E-state index >= 15 is 0 Å². The quantitative estimate of drug-likeness (QED) is 0.839. The van der Waals surface area contributed by atoms with Crippen LogP contribution in [0.3, 0.4) is 0 Å². The largest absolute Gasteiger partial charge is 0.326 e. The number of benzene rings is 1. The van der Waals surface area contributed by atoms with Crippen molar-refractivity contribution in [2.45, 2.75) is 31.6 Å². The van der Waals surface area contributed by atoms with Crippen LogP contribution in [-0.4, -0.2) is 30.4 Å². The van der Waals surface area contributed by atoms with Crippen molar-refractivity contribution >= 4 is 23.2 Å². The van der Waals surface area contributed by atoms with Crippen LogP contribution in [0, 0.1) is 0 Å². The third kappa shape index (κ3) is 4.22. The van der Waals surface area contributed by atoms with Gasteiger partial charge < -0.3 is 10.2 Å². The van der Waals surface area contributed by atoms with Crippen LogP contribution in [0.1, 0.15) is 37.1 Å². The fourth-order valence-corrected chi connectivity index (χ4v) is 2.66. The lowest BCUT2D eigenvalue weighted by atomic mass is 10.1. The van der Waals surface area contributed by atoms with Gasteiger partial charge >= 0.3 is 0 Å². The van der Waals surface area contributed by atoms with Gasteiger partial charge in [0.05, 0.1) is 5.38 Å². The number of anilines is 1. The highest BCUT2D eigenvalue weighted by atomic mass is 35.5. The number of hydrogen-bond acceptors (Lipinski definition) is 2. The lowest BCUT2D eigenvalue weighted by Crippen LogP contribution is -2.23. The Bertz CT molecular complexity index is 413. The van der Waals surface area contributed by atoms with Crippen molar-refractivity contribution in [3.63, 3.8) is 0 Å². The third-order valence-electron chi connectivity index (χ3n) is 3.49. The second-order valence-electron chi connectivity index (χ2n) is 5.00. The third-order valence-corrected chi connectivity index (χ3v) is 3.88. The predicted molar refractivity (Wildman–Crippen MR) is 79.6 cm³/mol. The molecule has 1 saturated heterocycles. The van der Waals surface area contributed by atoms with Gasteiger partial charge in [-0.05, 0) is 43.6 Å². The van der Waals surface area contributed by atoms with E-state index in [4.69, 9.17) is 11.6 Å². The molecule has 0 spiro atoms. The molecule has 0 aromatic heterocycles. The molecule has 2 rings (SSSR count).